The SMILES string of the molecule is FC(F)(F)c1ccn2cc(-c3nc(-c4cccnc4)cs3)nc2n1. The van der Waals surface area contributed by atoms with Gasteiger partial charge in [0.2, 0.25) is 5.78 Å². The van der Waals surface area contributed by atoms with Crippen LogP contribution in [0.25, 0.3) is 27.7 Å². The molecule has 4 aromatic rings. The lowest BCUT2D eigenvalue weighted by molar-refractivity contribution is -0.141. The summed E-state index contributed by atoms with van der Waals surface area (Å²) in [6.07, 6.45) is 1.76. The minimum atomic E-state index is -4.50. The summed E-state index contributed by atoms with van der Waals surface area (Å²) in [4.78, 5) is 16.2. The molecule has 0 unspecified atom stereocenters. The van der Waals surface area contributed by atoms with E-state index in [-0.39, 0.29) is 5.78 Å². The van der Waals surface area contributed by atoms with Crippen LogP contribution in [0.3, 0.4) is 0 Å². The number of nitrogens with zero attached hydrogens (tertiary/aromatic N) is 5. The molecule has 0 aliphatic carbocycles. The first kappa shape index (κ1) is 14.8. The smallest absolute Gasteiger partial charge is 0.290 e. The summed E-state index contributed by atoms with van der Waals surface area (Å²) in [6, 6.07) is 4.61. The average Bonchev–Trinajstić information content (AvgIpc) is 3.21. The summed E-state index contributed by atoms with van der Waals surface area (Å²) in [5.74, 6) is -0.0158. The first-order chi connectivity index (χ1) is 11.5. The highest BCUT2D eigenvalue weighted by molar-refractivity contribution is 7.13. The highest BCUT2D eigenvalue weighted by atomic mass is 32.1. The maximum Gasteiger partial charge on any atom is 0.433 e. The molecule has 0 fully saturated rings. The Kier molecular flexibility index (Phi) is 3.31. The molecule has 0 amide bonds. The van der Waals surface area contributed by atoms with Crippen LogP contribution >= 0.6 is 11.3 Å². The van der Waals surface area contributed by atoms with Crippen molar-refractivity contribution in [2.24, 2.45) is 0 Å². The molecule has 0 N–H and O–H groups in total. The second-order valence-electron chi connectivity index (χ2n) is 4.92. The molecule has 4 aromatic heterocycles. The van der Waals surface area contributed by atoms with E-state index in [1.807, 2.05) is 17.5 Å². The van der Waals surface area contributed by atoms with Crippen molar-refractivity contribution >= 4 is 17.1 Å². The third-order valence-corrected chi connectivity index (χ3v) is 4.16. The van der Waals surface area contributed by atoms with Crippen molar-refractivity contribution in [3.8, 4) is 22.0 Å². The number of hydrogen-bond acceptors (Lipinski definition) is 5. The van der Waals surface area contributed by atoms with Crippen molar-refractivity contribution in [1.82, 2.24) is 24.3 Å². The lowest BCUT2D eigenvalue weighted by Gasteiger charge is -2.04. The molecule has 0 saturated heterocycles. The zero-order valence-electron chi connectivity index (χ0n) is 11.9. The summed E-state index contributed by atoms with van der Waals surface area (Å²) in [5, 5.41) is 2.46. The number of aromatic nitrogens is 5. The van der Waals surface area contributed by atoms with E-state index >= 15 is 0 Å². The molecule has 4 heterocycles. The molecular formula is C15H8F3N5S. The second-order valence-corrected chi connectivity index (χ2v) is 5.78. The largest absolute Gasteiger partial charge is 0.433 e. The fraction of sp³-hybridized carbons (Fsp3) is 0.0667. The van der Waals surface area contributed by atoms with Crippen molar-refractivity contribution in [2.75, 3.05) is 0 Å². The van der Waals surface area contributed by atoms with Crippen LogP contribution in [0.5, 0.6) is 0 Å². The molecule has 24 heavy (non-hydrogen) atoms. The van der Waals surface area contributed by atoms with Gasteiger partial charge in [-0.3, -0.25) is 9.38 Å². The number of imidazole rings is 1. The Bertz CT molecular complexity index is 1010. The molecule has 0 aliphatic rings. The average molecular weight is 347 g/mol. The number of fused-ring (bicyclic) bond motifs is 1. The van der Waals surface area contributed by atoms with Crippen molar-refractivity contribution in [3.63, 3.8) is 0 Å². The first-order valence-corrected chi connectivity index (χ1v) is 7.68. The summed E-state index contributed by atoms with van der Waals surface area (Å²) in [5.41, 5.74) is 1.11. The molecule has 5 nitrogen and oxygen atoms in total. The number of thiazole rings is 1. The molecule has 9 heteroatoms. The predicted molar refractivity (Wildman–Crippen MR) is 82.3 cm³/mol. The number of halogens is 3. The Labute approximate surface area is 137 Å². The van der Waals surface area contributed by atoms with E-state index in [1.54, 1.807) is 18.6 Å². The quantitative estimate of drug-likeness (QED) is 0.551. The number of rotatable bonds is 2. The fourth-order valence-corrected chi connectivity index (χ4v) is 2.95. The highest BCUT2D eigenvalue weighted by Gasteiger charge is 2.32. The van der Waals surface area contributed by atoms with Crippen molar-refractivity contribution in [1.29, 1.82) is 0 Å². The summed E-state index contributed by atoms with van der Waals surface area (Å²) in [7, 11) is 0. The van der Waals surface area contributed by atoms with Crippen LogP contribution < -0.4 is 0 Å². The van der Waals surface area contributed by atoms with Crippen LogP contribution in [0.4, 0.5) is 13.2 Å². The van der Waals surface area contributed by atoms with Gasteiger partial charge in [0.05, 0.1) is 5.69 Å². The van der Waals surface area contributed by atoms with E-state index in [2.05, 4.69) is 19.9 Å². The van der Waals surface area contributed by atoms with Gasteiger partial charge >= 0.3 is 6.18 Å². The Hall–Kier alpha value is -2.81. The first-order valence-electron chi connectivity index (χ1n) is 6.80. The van der Waals surface area contributed by atoms with Crippen LogP contribution in [0, 0.1) is 0 Å². The monoisotopic (exact) mass is 347 g/mol. The molecule has 4 rings (SSSR count). The lowest BCUT2D eigenvalue weighted by atomic mass is 10.2. The highest BCUT2D eigenvalue weighted by Crippen LogP contribution is 2.30. The van der Waals surface area contributed by atoms with Gasteiger partial charge in [-0.2, -0.15) is 13.2 Å². The third-order valence-electron chi connectivity index (χ3n) is 3.30. The number of pyridine rings is 1. The van der Waals surface area contributed by atoms with E-state index in [1.165, 1.54) is 21.9 Å². The summed E-state index contributed by atoms with van der Waals surface area (Å²) < 4.78 is 39.6. The lowest BCUT2D eigenvalue weighted by Crippen LogP contribution is -2.08. The van der Waals surface area contributed by atoms with Gasteiger partial charge in [-0.1, -0.05) is 0 Å². The van der Waals surface area contributed by atoms with Crippen LogP contribution in [0.1, 0.15) is 5.69 Å². The Morgan fingerprint density at radius 2 is 1.92 bits per heavy atom. The van der Waals surface area contributed by atoms with Crippen molar-refractivity contribution < 1.29 is 13.2 Å². The van der Waals surface area contributed by atoms with Crippen molar-refractivity contribution in [3.05, 3.63) is 54.1 Å². The molecule has 0 saturated carbocycles. The second kappa shape index (κ2) is 5.38. The van der Waals surface area contributed by atoms with Gasteiger partial charge in [-0.25, -0.2) is 15.0 Å². The van der Waals surface area contributed by atoms with E-state index in [4.69, 9.17) is 0 Å². The zero-order valence-corrected chi connectivity index (χ0v) is 12.7. The standard InChI is InChI=1S/C15H8F3N5S/c16-15(17,18)12-3-5-23-7-10(21-14(23)22-12)13-20-11(8-24-13)9-2-1-4-19-6-9/h1-8H. The van der Waals surface area contributed by atoms with Gasteiger partial charge in [-0.15, -0.1) is 11.3 Å². The number of alkyl halides is 3. The van der Waals surface area contributed by atoms with E-state index < -0.39 is 11.9 Å². The molecule has 0 aliphatic heterocycles. The molecule has 0 aromatic carbocycles. The maximum atomic E-state index is 12.7. The van der Waals surface area contributed by atoms with Crippen LogP contribution in [0.15, 0.2) is 48.4 Å². The number of hydrogen-bond donors (Lipinski definition) is 0. The normalized spacial score (nSPS) is 12.0. The van der Waals surface area contributed by atoms with Crippen molar-refractivity contribution in [2.45, 2.75) is 6.18 Å². The minimum absolute atomic E-state index is 0.0158. The van der Waals surface area contributed by atoms with Gasteiger partial charge in [-0.05, 0) is 18.2 Å². The molecule has 0 spiro atoms. The molecule has 0 radical (unpaired) electrons. The molecule has 120 valence electrons. The Morgan fingerprint density at radius 3 is 2.67 bits per heavy atom. The predicted octanol–water partition coefficient (Wildman–Crippen LogP) is 3.93. The van der Waals surface area contributed by atoms with Crippen LogP contribution in [-0.2, 0) is 6.18 Å². The van der Waals surface area contributed by atoms with Gasteiger partial charge in [0.1, 0.15) is 16.4 Å². The Balaban J connectivity index is 1.73. The van der Waals surface area contributed by atoms with Gasteiger partial charge in [0, 0.05) is 35.7 Å². The Morgan fingerprint density at radius 1 is 1.04 bits per heavy atom. The fourth-order valence-electron chi connectivity index (χ4n) is 2.17. The zero-order chi connectivity index (χ0) is 16.7. The van der Waals surface area contributed by atoms with E-state index in [0.717, 1.165) is 17.3 Å². The van der Waals surface area contributed by atoms with Gasteiger partial charge < -0.3 is 0 Å². The summed E-state index contributed by atoms with van der Waals surface area (Å²) in [6.45, 7) is 0. The van der Waals surface area contributed by atoms with E-state index in [0.29, 0.717) is 10.7 Å². The molecule has 0 atom stereocenters. The van der Waals surface area contributed by atoms with Gasteiger partial charge in [0.25, 0.3) is 0 Å². The summed E-state index contributed by atoms with van der Waals surface area (Å²) >= 11 is 1.36. The maximum absolute atomic E-state index is 12.7. The molecular weight excluding hydrogens is 339 g/mol. The topological polar surface area (TPSA) is 56.0 Å². The third kappa shape index (κ3) is 2.62. The van der Waals surface area contributed by atoms with Crippen LogP contribution in [0.2, 0.25) is 0 Å². The van der Waals surface area contributed by atoms with E-state index in [9.17, 15) is 13.2 Å². The van der Waals surface area contributed by atoms with Gasteiger partial charge in [0.15, 0.2) is 0 Å². The minimum Gasteiger partial charge on any atom is -0.290 e. The van der Waals surface area contributed by atoms with Crippen LogP contribution in [-0.4, -0.2) is 24.3 Å². The molecule has 0 bridgehead atoms.